The van der Waals surface area contributed by atoms with Crippen molar-refractivity contribution in [2.45, 2.75) is 77.6 Å². The molecule has 188 valence electrons. The Balaban J connectivity index is 2.21. The highest BCUT2D eigenvalue weighted by Gasteiger charge is 2.32. The molecular formula is C26H37NO7. The first kappa shape index (κ1) is 27.2. The van der Waals surface area contributed by atoms with E-state index < -0.39 is 5.09 Å². The summed E-state index contributed by atoms with van der Waals surface area (Å²) in [5, 5.41) is 31.4. The van der Waals surface area contributed by atoms with E-state index in [0.717, 1.165) is 48.8 Å². The van der Waals surface area contributed by atoms with E-state index in [-0.39, 0.29) is 47.9 Å². The number of unbranched alkanes of at least 4 members (excludes halogenated alkanes) is 2. The quantitative estimate of drug-likeness (QED) is 0.131. The summed E-state index contributed by atoms with van der Waals surface area (Å²) in [5.74, 6) is -0.497. The third-order valence-corrected chi connectivity index (χ3v) is 6.61. The van der Waals surface area contributed by atoms with Crippen molar-refractivity contribution < 1.29 is 29.7 Å². The van der Waals surface area contributed by atoms with E-state index in [1.54, 1.807) is 12.1 Å². The Morgan fingerprint density at radius 2 is 1.85 bits per heavy atom. The van der Waals surface area contributed by atoms with E-state index in [1.165, 1.54) is 6.92 Å². The fraction of sp³-hybridized carbons (Fsp3) is 0.577. The number of allylic oxidation sites excluding steroid dienone is 2. The van der Waals surface area contributed by atoms with Gasteiger partial charge in [-0.2, -0.15) is 0 Å². The number of ether oxygens (including phenoxy) is 1. The summed E-state index contributed by atoms with van der Waals surface area (Å²) in [5.41, 5.74) is 2.90. The molecule has 0 amide bonds. The molecule has 0 bridgehead atoms. The Hall–Kier alpha value is -3.03. The van der Waals surface area contributed by atoms with Crippen LogP contribution in [0.2, 0.25) is 0 Å². The van der Waals surface area contributed by atoms with Crippen molar-refractivity contribution in [1.29, 1.82) is 0 Å². The van der Waals surface area contributed by atoms with Gasteiger partial charge in [0, 0.05) is 18.4 Å². The van der Waals surface area contributed by atoms with Crippen LogP contribution in [0.1, 0.15) is 83.3 Å². The number of aromatic hydroxyl groups is 2. The van der Waals surface area contributed by atoms with Gasteiger partial charge in [0.25, 0.3) is 5.09 Å². The third-order valence-electron chi connectivity index (χ3n) is 6.61. The van der Waals surface area contributed by atoms with Crippen LogP contribution < -0.4 is 0 Å². The van der Waals surface area contributed by atoms with Crippen LogP contribution in [-0.2, 0) is 19.8 Å². The van der Waals surface area contributed by atoms with Crippen LogP contribution in [0.5, 0.6) is 11.5 Å². The van der Waals surface area contributed by atoms with Crippen LogP contribution in [0, 0.1) is 16.0 Å². The zero-order chi connectivity index (χ0) is 25.5. The SMILES string of the molecule is C=C(C)[C@H]1CCC(COC(C)=O)=C[C@@H]1c1c(O)cc(C(C)(C)CCCCCO[N+](=O)[O-])cc1O. The first-order valence-corrected chi connectivity index (χ1v) is 11.7. The third kappa shape index (κ3) is 7.50. The molecule has 1 aromatic rings. The molecule has 0 spiro atoms. The molecule has 2 N–H and O–H groups in total. The molecule has 1 aromatic carbocycles. The molecule has 0 aliphatic heterocycles. The highest BCUT2D eigenvalue weighted by Crippen LogP contribution is 2.48. The number of carbonyl (C=O) groups excluding carboxylic acids is 1. The Morgan fingerprint density at radius 3 is 2.41 bits per heavy atom. The van der Waals surface area contributed by atoms with Crippen molar-refractivity contribution in [3.63, 3.8) is 0 Å². The number of rotatable bonds is 12. The molecule has 0 heterocycles. The number of hydrogen-bond acceptors (Lipinski definition) is 7. The maximum atomic E-state index is 11.2. The van der Waals surface area contributed by atoms with E-state index in [0.29, 0.717) is 12.0 Å². The molecule has 0 aromatic heterocycles. The molecule has 0 unspecified atom stereocenters. The standard InChI is InChI=1S/C26H37NO7/c1-17(2)21-10-9-19(16-33-18(3)28)13-22(21)25-23(29)14-20(15-24(25)30)26(4,5)11-7-6-8-12-34-27(31)32/h13-15,21-22,29-30H,1,6-12,16H2,2-5H3/t21-,22+/m1/s1. The predicted molar refractivity (Wildman–Crippen MR) is 129 cm³/mol. The second kappa shape index (κ2) is 11.9. The Bertz CT molecular complexity index is 912. The molecule has 8 nitrogen and oxygen atoms in total. The van der Waals surface area contributed by atoms with Crippen molar-refractivity contribution in [3.8, 4) is 11.5 Å². The molecule has 0 saturated carbocycles. The highest BCUT2D eigenvalue weighted by atomic mass is 16.9. The minimum absolute atomic E-state index is 0.0312. The largest absolute Gasteiger partial charge is 0.507 e. The number of phenolic OH excluding ortho intramolecular Hbond substituents is 2. The van der Waals surface area contributed by atoms with E-state index in [1.807, 2.05) is 26.8 Å². The summed E-state index contributed by atoms with van der Waals surface area (Å²) in [6, 6.07) is 3.43. The van der Waals surface area contributed by atoms with Gasteiger partial charge in [-0.3, -0.25) is 4.79 Å². The van der Waals surface area contributed by atoms with Gasteiger partial charge in [0.1, 0.15) is 18.1 Å². The number of hydrogen-bond donors (Lipinski definition) is 2. The lowest BCUT2D eigenvalue weighted by Crippen LogP contribution is -2.21. The fourth-order valence-electron chi connectivity index (χ4n) is 4.61. The van der Waals surface area contributed by atoms with Crippen molar-refractivity contribution in [3.05, 3.63) is 57.2 Å². The fourth-order valence-corrected chi connectivity index (χ4v) is 4.61. The summed E-state index contributed by atoms with van der Waals surface area (Å²) >= 11 is 0. The lowest BCUT2D eigenvalue weighted by Gasteiger charge is -2.33. The Morgan fingerprint density at radius 1 is 1.21 bits per heavy atom. The lowest BCUT2D eigenvalue weighted by molar-refractivity contribution is -0.757. The number of phenols is 2. The lowest BCUT2D eigenvalue weighted by atomic mass is 9.72. The first-order valence-electron chi connectivity index (χ1n) is 11.7. The first-order chi connectivity index (χ1) is 15.9. The summed E-state index contributed by atoms with van der Waals surface area (Å²) in [6.07, 6.45) is 6.54. The second-order valence-electron chi connectivity index (χ2n) is 9.80. The average Bonchev–Trinajstić information content (AvgIpc) is 2.73. The molecule has 1 aliphatic carbocycles. The molecule has 2 atom stereocenters. The van der Waals surface area contributed by atoms with Crippen molar-refractivity contribution in [2.75, 3.05) is 13.2 Å². The van der Waals surface area contributed by atoms with Crippen molar-refractivity contribution in [1.82, 2.24) is 0 Å². The molecule has 1 aliphatic rings. The van der Waals surface area contributed by atoms with Gasteiger partial charge in [0.05, 0.1) is 6.61 Å². The van der Waals surface area contributed by atoms with Crippen LogP contribution in [0.3, 0.4) is 0 Å². The summed E-state index contributed by atoms with van der Waals surface area (Å²) in [4.78, 5) is 25.8. The van der Waals surface area contributed by atoms with Gasteiger partial charge in [-0.15, -0.1) is 10.1 Å². The van der Waals surface area contributed by atoms with E-state index >= 15 is 0 Å². The average molecular weight is 476 g/mol. The normalized spacial score (nSPS) is 18.2. The molecule has 34 heavy (non-hydrogen) atoms. The van der Waals surface area contributed by atoms with Gasteiger partial charge in [0.2, 0.25) is 0 Å². The van der Waals surface area contributed by atoms with E-state index in [9.17, 15) is 25.1 Å². The Labute approximate surface area is 201 Å². The van der Waals surface area contributed by atoms with Crippen LogP contribution in [0.4, 0.5) is 0 Å². The van der Waals surface area contributed by atoms with Gasteiger partial charge >= 0.3 is 5.97 Å². The number of nitrogens with zero attached hydrogens (tertiary/aromatic N) is 1. The minimum atomic E-state index is -0.781. The number of benzene rings is 1. The maximum absolute atomic E-state index is 11.2. The van der Waals surface area contributed by atoms with Crippen molar-refractivity contribution >= 4 is 5.97 Å². The second-order valence-corrected chi connectivity index (χ2v) is 9.80. The zero-order valence-corrected chi connectivity index (χ0v) is 20.6. The molecule has 0 radical (unpaired) electrons. The summed E-state index contributed by atoms with van der Waals surface area (Å²) in [6.45, 7) is 11.8. The molecule has 0 saturated heterocycles. The van der Waals surface area contributed by atoms with Crippen LogP contribution in [0.15, 0.2) is 35.9 Å². The van der Waals surface area contributed by atoms with Crippen LogP contribution in [-0.4, -0.2) is 34.5 Å². The molecule has 2 rings (SSSR count). The number of carbonyl (C=O) groups is 1. The van der Waals surface area contributed by atoms with Gasteiger partial charge < -0.3 is 19.8 Å². The van der Waals surface area contributed by atoms with Gasteiger partial charge in [-0.05, 0) is 67.2 Å². The van der Waals surface area contributed by atoms with Gasteiger partial charge in [-0.25, -0.2) is 0 Å². The van der Waals surface area contributed by atoms with Gasteiger partial charge in [-0.1, -0.05) is 44.9 Å². The Kier molecular flexibility index (Phi) is 9.53. The highest BCUT2D eigenvalue weighted by molar-refractivity contribution is 5.66. The minimum Gasteiger partial charge on any atom is -0.507 e. The molecular weight excluding hydrogens is 438 g/mol. The zero-order valence-electron chi connectivity index (χ0n) is 20.6. The van der Waals surface area contributed by atoms with Crippen LogP contribution in [0.25, 0.3) is 0 Å². The van der Waals surface area contributed by atoms with Gasteiger partial charge in [0.15, 0.2) is 0 Å². The van der Waals surface area contributed by atoms with Crippen LogP contribution >= 0.6 is 0 Å². The summed E-state index contributed by atoms with van der Waals surface area (Å²) < 4.78 is 5.16. The monoisotopic (exact) mass is 475 g/mol. The number of esters is 1. The maximum Gasteiger partial charge on any atom is 0.302 e. The smallest absolute Gasteiger partial charge is 0.302 e. The van der Waals surface area contributed by atoms with E-state index in [4.69, 9.17) is 4.74 Å². The molecule has 8 heteroatoms. The van der Waals surface area contributed by atoms with Crippen molar-refractivity contribution in [2.24, 2.45) is 5.92 Å². The predicted octanol–water partition coefficient (Wildman–Crippen LogP) is 5.70. The topological polar surface area (TPSA) is 119 Å². The summed E-state index contributed by atoms with van der Waals surface area (Å²) in [7, 11) is 0. The molecule has 0 fully saturated rings. The van der Waals surface area contributed by atoms with E-state index in [2.05, 4.69) is 11.4 Å².